The van der Waals surface area contributed by atoms with Crippen LogP contribution in [-0.2, 0) is 0 Å². The maximum Gasteiger partial charge on any atom is 0.0564 e. The van der Waals surface area contributed by atoms with Crippen molar-refractivity contribution in [1.29, 1.82) is 0 Å². The lowest BCUT2D eigenvalue weighted by Crippen LogP contribution is -2.43. The van der Waals surface area contributed by atoms with Crippen molar-refractivity contribution in [3.63, 3.8) is 0 Å². The van der Waals surface area contributed by atoms with Gasteiger partial charge in [0.15, 0.2) is 0 Å². The Labute approximate surface area is 119 Å². The molecule has 3 atom stereocenters. The SMILES string of the molecule is CC1CCCCC1N(C)C(CN)c1cc(Cl)cs1. The molecule has 1 aromatic rings. The number of nitrogens with two attached hydrogens (primary N) is 1. The van der Waals surface area contributed by atoms with E-state index in [1.54, 1.807) is 11.3 Å². The standard InChI is InChI=1S/C14H23ClN2S/c1-10-5-3-4-6-12(10)17(2)13(8-16)14-7-11(15)9-18-14/h7,9-10,12-13H,3-6,8,16H2,1-2H3. The van der Waals surface area contributed by atoms with Gasteiger partial charge in [0.25, 0.3) is 0 Å². The first-order valence-electron chi connectivity index (χ1n) is 6.79. The summed E-state index contributed by atoms with van der Waals surface area (Å²) in [5.41, 5.74) is 5.99. The van der Waals surface area contributed by atoms with Crippen LogP contribution in [0.25, 0.3) is 0 Å². The largest absolute Gasteiger partial charge is 0.329 e. The Balaban J connectivity index is 2.11. The van der Waals surface area contributed by atoms with Gasteiger partial charge in [0.1, 0.15) is 0 Å². The summed E-state index contributed by atoms with van der Waals surface area (Å²) in [6, 6.07) is 3.04. The lowest BCUT2D eigenvalue weighted by molar-refractivity contribution is 0.101. The summed E-state index contributed by atoms with van der Waals surface area (Å²) >= 11 is 7.75. The Morgan fingerprint density at radius 2 is 2.22 bits per heavy atom. The fraction of sp³-hybridized carbons (Fsp3) is 0.714. The van der Waals surface area contributed by atoms with Crippen LogP contribution in [-0.4, -0.2) is 24.5 Å². The van der Waals surface area contributed by atoms with E-state index in [1.165, 1.54) is 30.6 Å². The average Bonchev–Trinajstić information content (AvgIpc) is 2.77. The predicted molar refractivity (Wildman–Crippen MR) is 80.3 cm³/mol. The van der Waals surface area contributed by atoms with Gasteiger partial charge in [-0.2, -0.15) is 0 Å². The van der Waals surface area contributed by atoms with Gasteiger partial charge < -0.3 is 5.73 Å². The summed E-state index contributed by atoms with van der Waals surface area (Å²) < 4.78 is 0. The third-order valence-electron chi connectivity index (χ3n) is 4.22. The number of halogens is 1. The van der Waals surface area contributed by atoms with Gasteiger partial charge >= 0.3 is 0 Å². The Morgan fingerprint density at radius 3 is 2.78 bits per heavy atom. The molecule has 102 valence electrons. The molecular formula is C14H23ClN2S. The van der Waals surface area contributed by atoms with Crippen molar-refractivity contribution in [2.24, 2.45) is 11.7 Å². The van der Waals surface area contributed by atoms with Gasteiger partial charge in [-0.05, 0) is 31.9 Å². The number of hydrogen-bond acceptors (Lipinski definition) is 3. The van der Waals surface area contributed by atoms with Crippen molar-refractivity contribution in [2.75, 3.05) is 13.6 Å². The molecule has 4 heteroatoms. The van der Waals surface area contributed by atoms with Crippen LogP contribution in [0.1, 0.15) is 43.5 Å². The molecule has 2 rings (SSSR count). The van der Waals surface area contributed by atoms with Gasteiger partial charge in [0.2, 0.25) is 0 Å². The van der Waals surface area contributed by atoms with E-state index in [0.717, 1.165) is 10.9 Å². The Bertz CT molecular complexity index is 380. The van der Waals surface area contributed by atoms with Gasteiger partial charge in [0, 0.05) is 22.8 Å². The number of nitrogens with zero attached hydrogens (tertiary/aromatic N) is 1. The molecule has 2 nitrogen and oxygen atoms in total. The van der Waals surface area contributed by atoms with Crippen LogP contribution in [0.2, 0.25) is 5.02 Å². The normalized spacial score (nSPS) is 26.5. The minimum atomic E-state index is 0.313. The van der Waals surface area contributed by atoms with E-state index < -0.39 is 0 Å². The Morgan fingerprint density at radius 1 is 1.50 bits per heavy atom. The summed E-state index contributed by atoms with van der Waals surface area (Å²) in [5.74, 6) is 0.772. The zero-order valence-corrected chi connectivity index (χ0v) is 12.8. The molecule has 1 heterocycles. The van der Waals surface area contributed by atoms with E-state index in [-0.39, 0.29) is 0 Å². The first-order chi connectivity index (χ1) is 8.63. The lowest BCUT2D eigenvalue weighted by atomic mass is 9.84. The molecule has 1 aromatic heterocycles. The molecule has 2 N–H and O–H groups in total. The molecular weight excluding hydrogens is 264 g/mol. The molecule has 0 radical (unpaired) electrons. The number of hydrogen-bond donors (Lipinski definition) is 1. The third-order valence-corrected chi connectivity index (χ3v) is 5.60. The first kappa shape index (κ1) is 14.3. The van der Waals surface area contributed by atoms with Gasteiger partial charge in [0.05, 0.1) is 11.1 Å². The van der Waals surface area contributed by atoms with Gasteiger partial charge in [-0.1, -0.05) is 31.4 Å². The molecule has 0 amide bonds. The van der Waals surface area contributed by atoms with Crippen LogP contribution in [0.3, 0.4) is 0 Å². The van der Waals surface area contributed by atoms with Crippen LogP contribution < -0.4 is 5.73 Å². The van der Waals surface area contributed by atoms with Crippen LogP contribution in [0, 0.1) is 5.92 Å². The lowest BCUT2D eigenvalue weighted by Gasteiger charge is -2.40. The fourth-order valence-electron chi connectivity index (χ4n) is 3.12. The summed E-state index contributed by atoms with van der Waals surface area (Å²) in [4.78, 5) is 3.77. The smallest absolute Gasteiger partial charge is 0.0564 e. The Kier molecular flexibility index (Phi) is 5.07. The quantitative estimate of drug-likeness (QED) is 0.909. The minimum Gasteiger partial charge on any atom is -0.329 e. The van der Waals surface area contributed by atoms with E-state index in [2.05, 4.69) is 24.9 Å². The summed E-state index contributed by atoms with van der Waals surface area (Å²) in [7, 11) is 2.22. The maximum absolute atomic E-state index is 6.03. The van der Waals surface area contributed by atoms with Crippen molar-refractivity contribution in [3.05, 3.63) is 21.3 Å². The Hall–Kier alpha value is -0.0900. The highest BCUT2D eigenvalue weighted by molar-refractivity contribution is 7.10. The van der Waals surface area contributed by atoms with Crippen LogP contribution in [0.5, 0.6) is 0 Å². The monoisotopic (exact) mass is 286 g/mol. The third kappa shape index (κ3) is 3.08. The summed E-state index contributed by atoms with van der Waals surface area (Å²) in [6.45, 7) is 3.03. The second-order valence-corrected chi connectivity index (χ2v) is 6.79. The second-order valence-electron chi connectivity index (χ2n) is 5.41. The number of rotatable bonds is 4. The molecule has 0 aliphatic heterocycles. The van der Waals surface area contributed by atoms with E-state index in [9.17, 15) is 0 Å². The van der Waals surface area contributed by atoms with Crippen molar-refractivity contribution in [3.8, 4) is 0 Å². The molecule has 18 heavy (non-hydrogen) atoms. The molecule has 0 bridgehead atoms. The van der Waals surface area contributed by atoms with E-state index in [0.29, 0.717) is 18.6 Å². The van der Waals surface area contributed by atoms with Crippen molar-refractivity contribution >= 4 is 22.9 Å². The van der Waals surface area contributed by atoms with E-state index in [1.807, 2.05) is 5.38 Å². The maximum atomic E-state index is 6.03. The highest BCUT2D eigenvalue weighted by Gasteiger charge is 2.29. The molecule has 1 fully saturated rings. The van der Waals surface area contributed by atoms with Crippen molar-refractivity contribution in [2.45, 2.75) is 44.7 Å². The molecule has 0 aromatic carbocycles. The second kappa shape index (κ2) is 6.38. The minimum absolute atomic E-state index is 0.313. The number of likely N-dealkylation sites (N-methyl/N-ethyl adjacent to an activating group) is 1. The first-order valence-corrected chi connectivity index (χ1v) is 8.05. The van der Waals surface area contributed by atoms with Gasteiger partial charge in [-0.3, -0.25) is 4.90 Å². The van der Waals surface area contributed by atoms with Crippen molar-refractivity contribution in [1.82, 2.24) is 4.90 Å². The highest BCUT2D eigenvalue weighted by Crippen LogP contribution is 2.34. The molecule has 1 saturated carbocycles. The van der Waals surface area contributed by atoms with E-state index >= 15 is 0 Å². The average molecular weight is 287 g/mol. The zero-order valence-electron chi connectivity index (χ0n) is 11.2. The summed E-state index contributed by atoms with van der Waals surface area (Å²) in [6.07, 6.45) is 5.37. The van der Waals surface area contributed by atoms with Crippen LogP contribution in [0.4, 0.5) is 0 Å². The van der Waals surface area contributed by atoms with Crippen molar-refractivity contribution < 1.29 is 0 Å². The van der Waals surface area contributed by atoms with E-state index in [4.69, 9.17) is 17.3 Å². The van der Waals surface area contributed by atoms with Crippen LogP contribution in [0.15, 0.2) is 11.4 Å². The zero-order chi connectivity index (χ0) is 13.1. The molecule has 0 saturated heterocycles. The number of thiophene rings is 1. The molecule has 1 aliphatic carbocycles. The van der Waals surface area contributed by atoms with Gasteiger partial charge in [-0.15, -0.1) is 11.3 Å². The molecule has 1 aliphatic rings. The van der Waals surface area contributed by atoms with Crippen LogP contribution >= 0.6 is 22.9 Å². The highest BCUT2D eigenvalue weighted by atomic mass is 35.5. The summed E-state index contributed by atoms with van der Waals surface area (Å²) in [5, 5.41) is 2.83. The topological polar surface area (TPSA) is 29.3 Å². The fourth-order valence-corrected chi connectivity index (χ4v) is 4.37. The molecule has 0 spiro atoms. The van der Waals surface area contributed by atoms with Gasteiger partial charge in [-0.25, -0.2) is 0 Å². The predicted octanol–water partition coefficient (Wildman–Crippen LogP) is 3.91. The molecule has 3 unspecified atom stereocenters.